The second-order valence-corrected chi connectivity index (χ2v) is 5.27. The molecule has 1 aliphatic rings. The molecule has 15 heavy (non-hydrogen) atoms. The Labute approximate surface area is 102 Å². The first-order valence-electron chi connectivity index (χ1n) is 5.91. The predicted molar refractivity (Wildman–Crippen MR) is 66.6 cm³/mol. The summed E-state index contributed by atoms with van der Waals surface area (Å²) < 4.78 is 11.1. The van der Waals surface area contributed by atoms with E-state index in [1.165, 1.54) is 25.7 Å². The Kier molecular flexibility index (Phi) is 6.17. The molecular formula is C12H23BrO2. The Morgan fingerprint density at radius 3 is 2.80 bits per heavy atom. The number of hydrogen-bond donors (Lipinski definition) is 0. The Morgan fingerprint density at radius 2 is 2.20 bits per heavy atom. The minimum Gasteiger partial charge on any atom is -0.385 e. The van der Waals surface area contributed by atoms with Crippen molar-refractivity contribution in [2.75, 3.05) is 25.7 Å². The summed E-state index contributed by atoms with van der Waals surface area (Å²) in [5.74, 6) is 0.804. The molecule has 0 saturated heterocycles. The summed E-state index contributed by atoms with van der Waals surface area (Å²) in [6.45, 7) is 3.95. The number of methoxy groups -OCH3 is 1. The van der Waals surface area contributed by atoms with E-state index >= 15 is 0 Å². The summed E-state index contributed by atoms with van der Waals surface area (Å²) in [4.78, 5) is 0. The molecule has 2 atom stereocenters. The van der Waals surface area contributed by atoms with Gasteiger partial charge in [0.1, 0.15) is 0 Å². The Bertz CT molecular complexity index is 175. The molecule has 1 fully saturated rings. The largest absolute Gasteiger partial charge is 0.385 e. The lowest BCUT2D eigenvalue weighted by Gasteiger charge is -2.38. The summed E-state index contributed by atoms with van der Waals surface area (Å²) in [5.41, 5.74) is 0.103. The van der Waals surface area contributed by atoms with Crippen molar-refractivity contribution in [3.05, 3.63) is 0 Å². The van der Waals surface area contributed by atoms with Crippen LogP contribution in [0.3, 0.4) is 0 Å². The fraction of sp³-hybridized carbons (Fsp3) is 1.00. The van der Waals surface area contributed by atoms with Gasteiger partial charge in [0.15, 0.2) is 0 Å². The van der Waals surface area contributed by atoms with Crippen molar-refractivity contribution >= 4 is 15.9 Å². The molecule has 2 nitrogen and oxygen atoms in total. The maximum absolute atomic E-state index is 6.07. The maximum Gasteiger partial charge on any atom is 0.0781 e. The zero-order chi connectivity index (χ0) is 11.1. The summed E-state index contributed by atoms with van der Waals surface area (Å²) in [6, 6.07) is 0. The molecule has 0 radical (unpaired) electrons. The molecule has 0 aliphatic heterocycles. The van der Waals surface area contributed by atoms with Crippen LogP contribution in [0.25, 0.3) is 0 Å². The second kappa shape index (κ2) is 6.87. The van der Waals surface area contributed by atoms with E-state index in [1.807, 2.05) is 0 Å². The van der Waals surface area contributed by atoms with Gasteiger partial charge in [0.2, 0.25) is 0 Å². The average Bonchev–Trinajstić information content (AvgIpc) is 2.25. The molecule has 1 rings (SSSR count). The molecule has 0 aromatic rings. The average molecular weight is 279 g/mol. The molecule has 3 heteroatoms. The van der Waals surface area contributed by atoms with Crippen molar-refractivity contribution in [3.63, 3.8) is 0 Å². The van der Waals surface area contributed by atoms with Gasteiger partial charge >= 0.3 is 0 Å². The molecule has 0 N–H and O–H groups in total. The molecule has 1 aliphatic carbocycles. The van der Waals surface area contributed by atoms with Crippen molar-refractivity contribution in [1.82, 2.24) is 0 Å². The number of alkyl halides is 1. The molecule has 0 spiro atoms. The first kappa shape index (κ1) is 13.5. The summed E-state index contributed by atoms with van der Waals surface area (Å²) in [7, 11) is 1.74. The minimum absolute atomic E-state index is 0.103. The zero-order valence-electron chi connectivity index (χ0n) is 9.93. The van der Waals surface area contributed by atoms with Crippen LogP contribution >= 0.6 is 15.9 Å². The lowest BCUT2D eigenvalue weighted by Crippen LogP contribution is -2.39. The van der Waals surface area contributed by atoms with Crippen LogP contribution in [0, 0.1) is 5.92 Å². The van der Waals surface area contributed by atoms with Crippen molar-refractivity contribution in [2.24, 2.45) is 5.92 Å². The van der Waals surface area contributed by atoms with Crippen LogP contribution in [0.5, 0.6) is 0 Å². The lowest BCUT2D eigenvalue weighted by atomic mass is 9.80. The first-order valence-corrected chi connectivity index (χ1v) is 7.03. The van der Waals surface area contributed by atoms with E-state index in [0.29, 0.717) is 0 Å². The van der Waals surface area contributed by atoms with Gasteiger partial charge in [-0.3, -0.25) is 0 Å². The third-order valence-electron chi connectivity index (χ3n) is 3.19. The minimum atomic E-state index is 0.103. The summed E-state index contributed by atoms with van der Waals surface area (Å²) in [5, 5.41) is 0.970. The van der Waals surface area contributed by atoms with E-state index in [2.05, 4.69) is 22.9 Å². The van der Waals surface area contributed by atoms with E-state index in [-0.39, 0.29) is 5.60 Å². The lowest BCUT2D eigenvalue weighted by molar-refractivity contribution is -0.0672. The van der Waals surface area contributed by atoms with Crippen LogP contribution in [-0.2, 0) is 9.47 Å². The standard InChI is InChI=1S/C12H23BrO2/c1-11-5-3-6-12(9-11,10-13)15-8-4-7-14-2/h11H,3-10H2,1-2H3. The third-order valence-corrected chi connectivity index (χ3v) is 4.22. The highest BCUT2D eigenvalue weighted by Crippen LogP contribution is 2.36. The number of hydrogen-bond acceptors (Lipinski definition) is 2. The van der Waals surface area contributed by atoms with Crippen molar-refractivity contribution < 1.29 is 9.47 Å². The highest BCUT2D eigenvalue weighted by molar-refractivity contribution is 9.09. The first-order chi connectivity index (χ1) is 7.22. The normalized spacial score (nSPS) is 31.8. The Morgan fingerprint density at radius 1 is 1.40 bits per heavy atom. The van der Waals surface area contributed by atoms with E-state index in [1.54, 1.807) is 7.11 Å². The molecule has 0 aromatic heterocycles. The van der Waals surface area contributed by atoms with Crippen molar-refractivity contribution in [1.29, 1.82) is 0 Å². The monoisotopic (exact) mass is 278 g/mol. The van der Waals surface area contributed by atoms with Crippen LogP contribution in [-0.4, -0.2) is 31.3 Å². The van der Waals surface area contributed by atoms with Gasteiger partial charge in [-0.05, 0) is 25.2 Å². The molecule has 0 heterocycles. The molecule has 1 saturated carbocycles. The molecule has 0 bridgehead atoms. The van der Waals surface area contributed by atoms with Crippen molar-refractivity contribution in [2.45, 2.75) is 44.6 Å². The third kappa shape index (κ3) is 4.41. The molecule has 0 aromatic carbocycles. The fourth-order valence-corrected chi connectivity index (χ4v) is 3.07. The number of rotatable bonds is 6. The zero-order valence-corrected chi connectivity index (χ0v) is 11.5. The fourth-order valence-electron chi connectivity index (χ4n) is 2.39. The maximum atomic E-state index is 6.07. The predicted octanol–water partition coefficient (Wildman–Crippen LogP) is 3.38. The van der Waals surface area contributed by atoms with Gasteiger partial charge in [-0.25, -0.2) is 0 Å². The van der Waals surface area contributed by atoms with E-state index in [4.69, 9.17) is 9.47 Å². The smallest absolute Gasteiger partial charge is 0.0781 e. The molecule has 90 valence electrons. The van der Waals surface area contributed by atoms with Gasteiger partial charge in [-0.2, -0.15) is 0 Å². The quantitative estimate of drug-likeness (QED) is 0.548. The SMILES string of the molecule is COCCCOC1(CBr)CCCC(C)C1. The van der Waals surface area contributed by atoms with Crippen LogP contribution in [0.4, 0.5) is 0 Å². The summed E-state index contributed by atoms with van der Waals surface area (Å²) >= 11 is 3.61. The van der Waals surface area contributed by atoms with E-state index in [0.717, 1.165) is 30.9 Å². The Hall–Kier alpha value is 0.400. The van der Waals surface area contributed by atoms with Crippen LogP contribution < -0.4 is 0 Å². The van der Waals surface area contributed by atoms with Gasteiger partial charge in [-0.1, -0.05) is 35.7 Å². The highest BCUT2D eigenvalue weighted by Gasteiger charge is 2.34. The van der Waals surface area contributed by atoms with Gasteiger partial charge in [0, 0.05) is 25.7 Å². The highest BCUT2D eigenvalue weighted by atomic mass is 79.9. The van der Waals surface area contributed by atoms with Crippen LogP contribution in [0.2, 0.25) is 0 Å². The Balaban J connectivity index is 2.31. The van der Waals surface area contributed by atoms with Gasteiger partial charge < -0.3 is 9.47 Å². The molecule has 0 amide bonds. The summed E-state index contributed by atoms with van der Waals surface area (Å²) in [6.07, 6.45) is 6.06. The number of halogens is 1. The van der Waals surface area contributed by atoms with Crippen molar-refractivity contribution in [3.8, 4) is 0 Å². The van der Waals surface area contributed by atoms with Gasteiger partial charge in [0.05, 0.1) is 5.60 Å². The topological polar surface area (TPSA) is 18.5 Å². The number of ether oxygens (including phenoxy) is 2. The molecular weight excluding hydrogens is 256 g/mol. The van der Waals surface area contributed by atoms with Gasteiger partial charge in [0.25, 0.3) is 0 Å². The van der Waals surface area contributed by atoms with E-state index < -0.39 is 0 Å². The van der Waals surface area contributed by atoms with E-state index in [9.17, 15) is 0 Å². The van der Waals surface area contributed by atoms with Crippen LogP contribution in [0.1, 0.15) is 39.0 Å². The molecule has 2 unspecified atom stereocenters. The van der Waals surface area contributed by atoms with Crippen LogP contribution in [0.15, 0.2) is 0 Å². The van der Waals surface area contributed by atoms with Gasteiger partial charge in [-0.15, -0.1) is 0 Å². The second-order valence-electron chi connectivity index (χ2n) is 4.71.